The standard InChI is InChI=1S/C12H7ClF2O3S/c13-19(16,17)10-4-1-8(2-5-10)18-9-3-6-11(14)12(15)7-9/h1-7H. The van der Waals surface area contributed by atoms with Crippen LogP contribution in [0.2, 0.25) is 0 Å². The van der Waals surface area contributed by atoms with Crippen molar-refractivity contribution in [3.8, 4) is 11.5 Å². The molecule has 0 saturated heterocycles. The highest BCUT2D eigenvalue weighted by Gasteiger charge is 2.10. The van der Waals surface area contributed by atoms with Crippen molar-refractivity contribution in [2.75, 3.05) is 0 Å². The van der Waals surface area contributed by atoms with Gasteiger partial charge in [0.2, 0.25) is 0 Å². The SMILES string of the molecule is O=S(=O)(Cl)c1ccc(Oc2ccc(F)c(F)c2)cc1. The van der Waals surface area contributed by atoms with Crippen molar-refractivity contribution in [1.82, 2.24) is 0 Å². The maximum Gasteiger partial charge on any atom is 0.261 e. The smallest absolute Gasteiger partial charge is 0.261 e. The Morgan fingerprint density at radius 2 is 1.47 bits per heavy atom. The Hall–Kier alpha value is -1.66. The van der Waals surface area contributed by atoms with Crippen LogP contribution in [-0.4, -0.2) is 8.42 Å². The van der Waals surface area contributed by atoms with E-state index in [2.05, 4.69) is 0 Å². The molecule has 0 unspecified atom stereocenters. The van der Waals surface area contributed by atoms with Gasteiger partial charge >= 0.3 is 0 Å². The molecule has 0 radical (unpaired) electrons. The Morgan fingerprint density at radius 1 is 0.895 bits per heavy atom. The number of hydrogen-bond acceptors (Lipinski definition) is 3. The molecule has 0 aromatic heterocycles. The van der Waals surface area contributed by atoms with E-state index in [1.807, 2.05) is 0 Å². The fourth-order valence-corrected chi connectivity index (χ4v) is 2.12. The first-order valence-electron chi connectivity index (χ1n) is 5.04. The van der Waals surface area contributed by atoms with Gasteiger partial charge in [0.05, 0.1) is 4.90 Å². The molecule has 0 spiro atoms. The van der Waals surface area contributed by atoms with Crippen LogP contribution in [0.15, 0.2) is 47.4 Å². The Kier molecular flexibility index (Phi) is 3.73. The molecule has 2 aromatic rings. The van der Waals surface area contributed by atoms with Gasteiger partial charge in [0.25, 0.3) is 9.05 Å². The van der Waals surface area contributed by atoms with Crippen LogP contribution in [0, 0.1) is 11.6 Å². The molecule has 0 aliphatic heterocycles. The monoisotopic (exact) mass is 304 g/mol. The molecule has 0 aliphatic carbocycles. The van der Waals surface area contributed by atoms with Crippen LogP contribution in [0.5, 0.6) is 11.5 Å². The quantitative estimate of drug-likeness (QED) is 0.812. The number of ether oxygens (including phenoxy) is 1. The fourth-order valence-electron chi connectivity index (χ4n) is 1.35. The summed E-state index contributed by atoms with van der Waals surface area (Å²) in [6, 6.07) is 8.29. The normalized spacial score (nSPS) is 11.3. The number of rotatable bonds is 3. The van der Waals surface area contributed by atoms with Gasteiger partial charge in [0, 0.05) is 16.7 Å². The summed E-state index contributed by atoms with van der Waals surface area (Å²) in [6.07, 6.45) is 0. The van der Waals surface area contributed by atoms with Crippen molar-refractivity contribution >= 4 is 19.7 Å². The van der Waals surface area contributed by atoms with Gasteiger partial charge in [0.15, 0.2) is 11.6 Å². The molecule has 0 bridgehead atoms. The van der Waals surface area contributed by atoms with Gasteiger partial charge in [-0.3, -0.25) is 0 Å². The summed E-state index contributed by atoms with van der Waals surface area (Å²) in [5, 5.41) is 0. The predicted octanol–water partition coefficient (Wildman–Crippen LogP) is 3.68. The summed E-state index contributed by atoms with van der Waals surface area (Å²) >= 11 is 0. The molecule has 0 N–H and O–H groups in total. The second-order valence-corrected chi connectivity index (χ2v) is 6.15. The third-order valence-corrected chi connectivity index (χ3v) is 3.60. The Bertz CT molecular complexity index is 699. The molecule has 3 nitrogen and oxygen atoms in total. The van der Waals surface area contributed by atoms with Gasteiger partial charge in [-0.15, -0.1) is 0 Å². The summed E-state index contributed by atoms with van der Waals surface area (Å²) in [7, 11) is 1.35. The van der Waals surface area contributed by atoms with Crippen LogP contribution < -0.4 is 4.74 Å². The van der Waals surface area contributed by atoms with E-state index in [1.165, 1.54) is 30.3 Å². The zero-order valence-corrected chi connectivity index (χ0v) is 10.9. The maximum absolute atomic E-state index is 13.0. The summed E-state index contributed by atoms with van der Waals surface area (Å²) in [5.41, 5.74) is 0. The topological polar surface area (TPSA) is 43.4 Å². The van der Waals surface area contributed by atoms with E-state index >= 15 is 0 Å². The molecular formula is C12H7ClF2O3S. The lowest BCUT2D eigenvalue weighted by atomic mass is 10.3. The second-order valence-electron chi connectivity index (χ2n) is 3.59. The zero-order chi connectivity index (χ0) is 14.0. The second kappa shape index (κ2) is 5.14. The van der Waals surface area contributed by atoms with Crippen LogP contribution in [0.25, 0.3) is 0 Å². The van der Waals surface area contributed by atoms with Crippen molar-refractivity contribution in [2.45, 2.75) is 4.90 Å². The lowest BCUT2D eigenvalue weighted by Gasteiger charge is -2.06. The lowest BCUT2D eigenvalue weighted by molar-refractivity contribution is 0.461. The average Bonchev–Trinajstić information content (AvgIpc) is 2.33. The van der Waals surface area contributed by atoms with Crippen LogP contribution >= 0.6 is 10.7 Å². The van der Waals surface area contributed by atoms with Crippen LogP contribution in [0.3, 0.4) is 0 Å². The maximum atomic E-state index is 13.0. The summed E-state index contributed by atoms with van der Waals surface area (Å²) in [5.74, 6) is -1.64. The number of halogens is 3. The highest BCUT2D eigenvalue weighted by molar-refractivity contribution is 8.13. The minimum absolute atomic E-state index is 0.0770. The molecule has 0 saturated carbocycles. The average molecular weight is 305 g/mol. The third-order valence-electron chi connectivity index (χ3n) is 2.23. The van der Waals surface area contributed by atoms with Crippen molar-refractivity contribution < 1.29 is 21.9 Å². The molecule has 2 aromatic carbocycles. The first kappa shape index (κ1) is 13.8. The summed E-state index contributed by atoms with van der Waals surface area (Å²) in [4.78, 5) is -0.0770. The van der Waals surface area contributed by atoms with Crippen LogP contribution in [-0.2, 0) is 9.05 Å². The van der Waals surface area contributed by atoms with Gasteiger partial charge in [-0.1, -0.05) is 0 Å². The lowest BCUT2D eigenvalue weighted by Crippen LogP contribution is -1.91. The molecule has 0 amide bonds. The molecule has 0 heterocycles. The molecular weight excluding hydrogens is 298 g/mol. The Balaban J connectivity index is 2.22. The Labute approximate surface area is 112 Å². The minimum Gasteiger partial charge on any atom is -0.457 e. The molecule has 7 heteroatoms. The van der Waals surface area contributed by atoms with Gasteiger partial charge in [0.1, 0.15) is 11.5 Å². The molecule has 100 valence electrons. The summed E-state index contributed by atoms with van der Waals surface area (Å²) < 4.78 is 52.9. The van der Waals surface area contributed by atoms with Gasteiger partial charge < -0.3 is 4.74 Å². The zero-order valence-electron chi connectivity index (χ0n) is 9.31. The molecule has 2 rings (SSSR count). The van der Waals surface area contributed by atoms with E-state index in [1.54, 1.807) is 0 Å². The van der Waals surface area contributed by atoms with Crippen molar-refractivity contribution in [3.05, 3.63) is 54.1 Å². The van der Waals surface area contributed by atoms with E-state index in [4.69, 9.17) is 15.4 Å². The van der Waals surface area contributed by atoms with Crippen molar-refractivity contribution in [3.63, 3.8) is 0 Å². The number of hydrogen-bond donors (Lipinski definition) is 0. The first-order valence-corrected chi connectivity index (χ1v) is 7.35. The third kappa shape index (κ3) is 3.42. The first-order chi connectivity index (χ1) is 8.86. The molecule has 0 atom stereocenters. The highest BCUT2D eigenvalue weighted by atomic mass is 35.7. The molecule has 0 fully saturated rings. The van der Waals surface area contributed by atoms with E-state index in [-0.39, 0.29) is 16.4 Å². The minimum atomic E-state index is -3.80. The van der Waals surface area contributed by atoms with E-state index in [0.29, 0.717) is 0 Å². The van der Waals surface area contributed by atoms with Crippen LogP contribution in [0.4, 0.5) is 8.78 Å². The van der Waals surface area contributed by atoms with E-state index in [9.17, 15) is 17.2 Å². The predicted molar refractivity (Wildman–Crippen MR) is 65.9 cm³/mol. The molecule has 0 aliphatic rings. The Morgan fingerprint density at radius 3 is 2.00 bits per heavy atom. The van der Waals surface area contributed by atoms with Crippen molar-refractivity contribution in [2.24, 2.45) is 0 Å². The van der Waals surface area contributed by atoms with E-state index < -0.39 is 20.7 Å². The largest absolute Gasteiger partial charge is 0.457 e. The van der Waals surface area contributed by atoms with Crippen molar-refractivity contribution in [1.29, 1.82) is 0 Å². The highest BCUT2D eigenvalue weighted by Crippen LogP contribution is 2.25. The molecule has 19 heavy (non-hydrogen) atoms. The van der Waals surface area contributed by atoms with Gasteiger partial charge in [-0.2, -0.15) is 0 Å². The summed E-state index contributed by atoms with van der Waals surface area (Å²) in [6.45, 7) is 0. The fraction of sp³-hybridized carbons (Fsp3) is 0. The van der Waals surface area contributed by atoms with Crippen LogP contribution in [0.1, 0.15) is 0 Å². The van der Waals surface area contributed by atoms with Gasteiger partial charge in [-0.25, -0.2) is 17.2 Å². The number of benzene rings is 2. The van der Waals surface area contributed by atoms with E-state index in [0.717, 1.165) is 12.1 Å². The van der Waals surface area contributed by atoms with Gasteiger partial charge in [-0.05, 0) is 36.4 Å².